The van der Waals surface area contributed by atoms with E-state index in [4.69, 9.17) is 4.42 Å². The van der Waals surface area contributed by atoms with Gasteiger partial charge in [0.25, 0.3) is 11.8 Å². The van der Waals surface area contributed by atoms with E-state index < -0.39 is 17.8 Å². The Balaban J connectivity index is 1.57. The minimum Gasteiger partial charge on any atom is -0.441 e. The third kappa shape index (κ3) is 3.47. The first-order chi connectivity index (χ1) is 15.6. The average molecular weight is 427 g/mol. The van der Waals surface area contributed by atoms with Crippen LogP contribution in [0.4, 0.5) is 22.1 Å². The molecule has 4 amide bonds. The van der Waals surface area contributed by atoms with Gasteiger partial charge in [0.1, 0.15) is 11.3 Å². The SMILES string of the molecule is O=C1C(=Cc2ccc(N3CCCC3)o2)C(=O)N(c2ccccc2)C(=O)N1c1ccccc1. The van der Waals surface area contributed by atoms with Crippen molar-refractivity contribution in [3.05, 3.63) is 84.1 Å². The molecule has 32 heavy (non-hydrogen) atoms. The highest BCUT2D eigenvalue weighted by Crippen LogP contribution is 2.30. The number of nitrogens with zero attached hydrogens (tertiary/aromatic N) is 3. The summed E-state index contributed by atoms with van der Waals surface area (Å²) in [4.78, 5) is 44.1. The normalized spacial score (nSPS) is 16.8. The molecule has 7 heteroatoms. The topological polar surface area (TPSA) is 74.1 Å². The van der Waals surface area contributed by atoms with Crippen LogP contribution in [0, 0.1) is 0 Å². The van der Waals surface area contributed by atoms with Gasteiger partial charge in [-0.2, -0.15) is 0 Å². The van der Waals surface area contributed by atoms with E-state index in [2.05, 4.69) is 4.90 Å². The zero-order valence-electron chi connectivity index (χ0n) is 17.3. The number of anilines is 3. The number of imide groups is 2. The maximum Gasteiger partial charge on any atom is 0.343 e. The smallest absolute Gasteiger partial charge is 0.343 e. The van der Waals surface area contributed by atoms with E-state index in [0.717, 1.165) is 35.7 Å². The van der Waals surface area contributed by atoms with Gasteiger partial charge in [-0.25, -0.2) is 14.6 Å². The number of furan rings is 1. The zero-order valence-corrected chi connectivity index (χ0v) is 17.3. The molecular formula is C25H21N3O4. The lowest BCUT2D eigenvalue weighted by Gasteiger charge is -2.33. The van der Waals surface area contributed by atoms with Crippen LogP contribution in [0.1, 0.15) is 18.6 Å². The van der Waals surface area contributed by atoms with Crippen LogP contribution in [-0.2, 0) is 9.59 Å². The molecule has 3 heterocycles. The van der Waals surface area contributed by atoms with E-state index >= 15 is 0 Å². The Kier molecular flexibility index (Phi) is 5.07. The van der Waals surface area contributed by atoms with Gasteiger partial charge in [0.15, 0.2) is 5.88 Å². The first-order valence-corrected chi connectivity index (χ1v) is 10.5. The van der Waals surface area contributed by atoms with Crippen LogP contribution in [0.25, 0.3) is 6.08 Å². The number of barbiturate groups is 1. The molecule has 0 atom stereocenters. The van der Waals surface area contributed by atoms with Crippen molar-refractivity contribution < 1.29 is 18.8 Å². The fourth-order valence-electron chi connectivity index (χ4n) is 4.01. The Morgan fingerprint density at radius 2 is 1.22 bits per heavy atom. The van der Waals surface area contributed by atoms with Crippen LogP contribution in [0.2, 0.25) is 0 Å². The van der Waals surface area contributed by atoms with E-state index in [9.17, 15) is 14.4 Å². The second-order valence-corrected chi connectivity index (χ2v) is 7.66. The molecule has 2 saturated heterocycles. The first kappa shape index (κ1) is 19.8. The van der Waals surface area contributed by atoms with Gasteiger partial charge in [0.2, 0.25) is 0 Å². The molecular weight excluding hydrogens is 406 g/mol. The predicted molar refractivity (Wildman–Crippen MR) is 121 cm³/mol. The number of rotatable bonds is 4. The van der Waals surface area contributed by atoms with Crippen LogP contribution in [-0.4, -0.2) is 30.9 Å². The molecule has 7 nitrogen and oxygen atoms in total. The molecule has 0 aliphatic carbocycles. The number of amides is 4. The Morgan fingerprint density at radius 3 is 1.75 bits per heavy atom. The van der Waals surface area contributed by atoms with E-state index in [1.54, 1.807) is 66.7 Å². The van der Waals surface area contributed by atoms with Gasteiger partial charge >= 0.3 is 6.03 Å². The summed E-state index contributed by atoms with van der Waals surface area (Å²) in [5.74, 6) is -0.269. The highest BCUT2D eigenvalue weighted by Gasteiger charge is 2.43. The van der Waals surface area contributed by atoms with Gasteiger partial charge in [-0.1, -0.05) is 36.4 Å². The monoisotopic (exact) mass is 427 g/mol. The molecule has 0 bridgehead atoms. The van der Waals surface area contributed by atoms with Crippen molar-refractivity contribution in [1.29, 1.82) is 0 Å². The third-order valence-corrected chi connectivity index (χ3v) is 5.60. The molecule has 0 radical (unpaired) electrons. The predicted octanol–water partition coefficient (Wildman–Crippen LogP) is 4.46. The Hall–Kier alpha value is -4.13. The standard InChI is InChI=1S/C25H21N3O4/c29-23-21(17-20-13-14-22(32-20)26-15-7-8-16-26)24(30)28(19-11-5-2-6-12-19)25(31)27(23)18-9-3-1-4-10-18/h1-6,9-14,17H,7-8,15-16H2. The lowest BCUT2D eigenvalue weighted by atomic mass is 10.1. The van der Waals surface area contributed by atoms with Crippen LogP contribution in [0.3, 0.4) is 0 Å². The van der Waals surface area contributed by atoms with E-state index in [1.165, 1.54) is 6.08 Å². The minimum atomic E-state index is -0.716. The molecule has 2 aromatic carbocycles. The second-order valence-electron chi connectivity index (χ2n) is 7.66. The van der Waals surface area contributed by atoms with Crippen LogP contribution in [0.5, 0.6) is 0 Å². The van der Waals surface area contributed by atoms with E-state index in [1.807, 2.05) is 6.07 Å². The number of urea groups is 1. The van der Waals surface area contributed by atoms with Crippen LogP contribution < -0.4 is 14.7 Å². The fourth-order valence-corrected chi connectivity index (χ4v) is 4.01. The quantitative estimate of drug-likeness (QED) is 0.454. The molecule has 3 aromatic rings. The molecule has 0 saturated carbocycles. The van der Waals surface area contributed by atoms with Gasteiger partial charge < -0.3 is 9.32 Å². The van der Waals surface area contributed by atoms with Gasteiger partial charge in [-0.15, -0.1) is 0 Å². The van der Waals surface area contributed by atoms with Crippen LogP contribution >= 0.6 is 0 Å². The summed E-state index contributed by atoms with van der Waals surface area (Å²) in [7, 11) is 0. The molecule has 0 spiro atoms. The summed E-state index contributed by atoms with van der Waals surface area (Å²) in [5.41, 5.74) is 0.637. The zero-order chi connectivity index (χ0) is 22.1. The van der Waals surface area contributed by atoms with Crippen molar-refractivity contribution in [2.45, 2.75) is 12.8 Å². The van der Waals surface area contributed by atoms with Crippen molar-refractivity contribution in [3.8, 4) is 0 Å². The Bertz CT molecular complexity index is 1130. The first-order valence-electron chi connectivity index (χ1n) is 10.5. The van der Waals surface area contributed by atoms with E-state index in [-0.39, 0.29) is 5.57 Å². The van der Waals surface area contributed by atoms with Gasteiger partial charge in [0, 0.05) is 19.2 Å². The Labute approximate surface area is 185 Å². The van der Waals surface area contributed by atoms with Crippen molar-refractivity contribution in [1.82, 2.24) is 0 Å². The lowest BCUT2D eigenvalue weighted by molar-refractivity contribution is -0.121. The van der Waals surface area contributed by atoms with Gasteiger partial charge in [-0.3, -0.25) is 9.59 Å². The van der Waals surface area contributed by atoms with Crippen molar-refractivity contribution in [3.63, 3.8) is 0 Å². The largest absolute Gasteiger partial charge is 0.441 e. The number of hydrogen-bond acceptors (Lipinski definition) is 5. The molecule has 2 aliphatic heterocycles. The summed E-state index contributed by atoms with van der Waals surface area (Å²) >= 11 is 0. The van der Waals surface area contributed by atoms with Crippen molar-refractivity contribution >= 4 is 41.2 Å². The number of carbonyl (C=O) groups is 3. The second kappa shape index (κ2) is 8.19. The Morgan fingerprint density at radius 1 is 0.688 bits per heavy atom. The summed E-state index contributed by atoms with van der Waals surface area (Å²) in [5, 5.41) is 0. The maximum absolute atomic E-state index is 13.3. The summed E-state index contributed by atoms with van der Waals surface area (Å²) < 4.78 is 5.90. The molecule has 1 aromatic heterocycles. The number of benzene rings is 2. The number of para-hydroxylation sites is 2. The van der Waals surface area contributed by atoms with Gasteiger partial charge in [0.05, 0.1) is 11.4 Å². The van der Waals surface area contributed by atoms with E-state index in [0.29, 0.717) is 23.0 Å². The molecule has 2 aliphatic rings. The van der Waals surface area contributed by atoms with Crippen molar-refractivity contribution in [2.75, 3.05) is 27.8 Å². The number of carbonyl (C=O) groups excluding carboxylic acids is 3. The van der Waals surface area contributed by atoms with Gasteiger partial charge in [-0.05, 0) is 49.2 Å². The maximum atomic E-state index is 13.3. The van der Waals surface area contributed by atoms with Crippen molar-refractivity contribution in [2.24, 2.45) is 0 Å². The average Bonchev–Trinajstić information content (AvgIpc) is 3.50. The fraction of sp³-hybridized carbons (Fsp3) is 0.160. The molecule has 2 fully saturated rings. The van der Waals surface area contributed by atoms with Crippen LogP contribution in [0.15, 0.2) is 82.8 Å². The highest BCUT2D eigenvalue weighted by atomic mass is 16.4. The summed E-state index contributed by atoms with van der Waals surface area (Å²) in [6.07, 6.45) is 3.63. The molecule has 0 N–H and O–H groups in total. The third-order valence-electron chi connectivity index (χ3n) is 5.60. The highest BCUT2D eigenvalue weighted by molar-refractivity contribution is 6.46. The summed E-state index contributed by atoms with van der Waals surface area (Å²) in [6.45, 7) is 1.83. The summed E-state index contributed by atoms with van der Waals surface area (Å²) in [6, 6.07) is 20.0. The number of hydrogen-bond donors (Lipinski definition) is 0. The molecule has 5 rings (SSSR count). The molecule has 0 unspecified atom stereocenters. The molecule has 160 valence electrons. The minimum absolute atomic E-state index is 0.139. The lowest BCUT2D eigenvalue weighted by Crippen LogP contribution is -2.57.